The van der Waals surface area contributed by atoms with Crippen LogP contribution in [0.3, 0.4) is 0 Å². The summed E-state index contributed by atoms with van der Waals surface area (Å²) in [6.45, 7) is 2.24. The van der Waals surface area contributed by atoms with Gasteiger partial charge in [-0.15, -0.1) is 0 Å². The molecule has 0 unspecified atom stereocenters. The molecule has 1 saturated heterocycles. The van der Waals surface area contributed by atoms with Crippen LogP contribution in [-0.4, -0.2) is 37.6 Å². The highest BCUT2D eigenvalue weighted by atomic mass is 16.5. The molecule has 0 atom stereocenters. The topological polar surface area (TPSA) is 38.8 Å². The first-order valence-corrected chi connectivity index (χ1v) is 6.84. The molecule has 1 aromatic carbocycles. The standard InChI is InChI=1S/C15H21NO3/c1-18-13-5-7-14(8-6-13)19-12-9-15(17)16-10-3-2-4-11-16/h5-8H,2-4,9-12H2,1H3. The number of carbonyl (C=O) groups is 1. The average Bonchev–Trinajstić information content (AvgIpc) is 2.49. The molecule has 0 saturated carbocycles. The molecule has 1 aliphatic rings. The van der Waals surface area contributed by atoms with Gasteiger partial charge in [0.25, 0.3) is 0 Å². The Morgan fingerprint density at radius 2 is 1.74 bits per heavy atom. The van der Waals surface area contributed by atoms with Crippen LogP contribution in [-0.2, 0) is 4.79 Å². The second-order valence-electron chi connectivity index (χ2n) is 4.72. The van der Waals surface area contributed by atoms with Crippen molar-refractivity contribution in [2.45, 2.75) is 25.7 Å². The van der Waals surface area contributed by atoms with E-state index in [1.807, 2.05) is 29.2 Å². The number of ether oxygens (including phenoxy) is 2. The quantitative estimate of drug-likeness (QED) is 0.819. The van der Waals surface area contributed by atoms with Gasteiger partial charge in [-0.3, -0.25) is 4.79 Å². The zero-order valence-electron chi connectivity index (χ0n) is 11.4. The van der Waals surface area contributed by atoms with Gasteiger partial charge in [-0.25, -0.2) is 0 Å². The van der Waals surface area contributed by atoms with E-state index in [4.69, 9.17) is 9.47 Å². The summed E-state index contributed by atoms with van der Waals surface area (Å²) in [5.41, 5.74) is 0. The van der Waals surface area contributed by atoms with Crippen molar-refractivity contribution < 1.29 is 14.3 Å². The molecule has 1 heterocycles. The molecule has 1 aromatic rings. The molecular weight excluding hydrogens is 242 g/mol. The molecule has 0 spiro atoms. The highest BCUT2D eigenvalue weighted by molar-refractivity contribution is 5.76. The lowest BCUT2D eigenvalue weighted by molar-refractivity contribution is -0.132. The van der Waals surface area contributed by atoms with Gasteiger partial charge in [0.1, 0.15) is 11.5 Å². The number of hydrogen-bond acceptors (Lipinski definition) is 3. The highest BCUT2D eigenvalue weighted by Crippen LogP contribution is 2.17. The Bertz CT molecular complexity index is 396. The number of carbonyl (C=O) groups excluding carboxylic acids is 1. The van der Waals surface area contributed by atoms with E-state index in [0.717, 1.165) is 37.4 Å². The van der Waals surface area contributed by atoms with Crippen molar-refractivity contribution in [3.8, 4) is 11.5 Å². The predicted octanol–water partition coefficient (Wildman–Crippen LogP) is 2.48. The summed E-state index contributed by atoms with van der Waals surface area (Å²) in [7, 11) is 1.63. The second kappa shape index (κ2) is 7.02. The average molecular weight is 263 g/mol. The van der Waals surface area contributed by atoms with Crippen LogP contribution in [0.4, 0.5) is 0 Å². The van der Waals surface area contributed by atoms with Gasteiger partial charge in [0.15, 0.2) is 0 Å². The van der Waals surface area contributed by atoms with E-state index in [1.165, 1.54) is 6.42 Å². The fourth-order valence-electron chi connectivity index (χ4n) is 2.23. The first kappa shape index (κ1) is 13.7. The Morgan fingerprint density at radius 3 is 2.37 bits per heavy atom. The molecule has 0 bridgehead atoms. The lowest BCUT2D eigenvalue weighted by Gasteiger charge is -2.26. The first-order chi connectivity index (χ1) is 9.29. The van der Waals surface area contributed by atoms with Crippen LogP contribution < -0.4 is 9.47 Å². The molecule has 104 valence electrons. The third-order valence-corrected chi connectivity index (χ3v) is 3.35. The maximum Gasteiger partial charge on any atom is 0.225 e. The number of hydrogen-bond donors (Lipinski definition) is 0. The summed E-state index contributed by atoms with van der Waals surface area (Å²) in [6, 6.07) is 7.40. The minimum absolute atomic E-state index is 0.202. The minimum Gasteiger partial charge on any atom is -0.497 e. The fourth-order valence-corrected chi connectivity index (χ4v) is 2.23. The molecule has 2 rings (SSSR count). The Morgan fingerprint density at radius 1 is 1.11 bits per heavy atom. The summed E-state index contributed by atoms with van der Waals surface area (Å²) in [5.74, 6) is 1.78. The van der Waals surface area contributed by atoms with E-state index in [2.05, 4.69) is 0 Å². The number of amides is 1. The number of methoxy groups -OCH3 is 1. The zero-order valence-corrected chi connectivity index (χ0v) is 11.4. The zero-order chi connectivity index (χ0) is 13.5. The van der Waals surface area contributed by atoms with E-state index in [9.17, 15) is 4.79 Å². The van der Waals surface area contributed by atoms with E-state index in [1.54, 1.807) is 7.11 Å². The van der Waals surface area contributed by atoms with Gasteiger partial charge in [-0.2, -0.15) is 0 Å². The van der Waals surface area contributed by atoms with E-state index in [-0.39, 0.29) is 5.91 Å². The van der Waals surface area contributed by atoms with Gasteiger partial charge in [0, 0.05) is 13.1 Å². The highest BCUT2D eigenvalue weighted by Gasteiger charge is 2.15. The smallest absolute Gasteiger partial charge is 0.225 e. The molecule has 4 nitrogen and oxygen atoms in total. The van der Waals surface area contributed by atoms with Crippen LogP contribution in [0.5, 0.6) is 11.5 Å². The van der Waals surface area contributed by atoms with Gasteiger partial charge in [0.2, 0.25) is 5.91 Å². The summed E-state index contributed by atoms with van der Waals surface area (Å²) in [5, 5.41) is 0. The number of benzene rings is 1. The normalized spacial score (nSPS) is 15.1. The lowest BCUT2D eigenvalue weighted by atomic mass is 10.1. The van der Waals surface area contributed by atoms with Gasteiger partial charge in [-0.05, 0) is 43.5 Å². The number of piperidine rings is 1. The molecule has 0 radical (unpaired) electrons. The van der Waals surface area contributed by atoms with Crippen molar-refractivity contribution in [3.63, 3.8) is 0 Å². The Hall–Kier alpha value is -1.71. The maximum absolute atomic E-state index is 11.9. The van der Waals surface area contributed by atoms with Crippen LogP contribution in [0, 0.1) is 0 Å². The summed E-state index contributed by atoms with van der Waals surface area (Å²) in [6.07, 6.45) is 3.95. The molecule has 1 aliphatic heterocycles. The molecule has 4 heteroatoms. The Kier molecular flexibility index (Phi) is 5.07. The van der Waals surface area contributed by atoms with Crippen molar-refractivity contribution in [2.24, 2.45) is 0 Å². The monoisotopic (exact) mass is 263 g/mol. The predicted molar refractivity (Wildman–Crippen MR) is 73.5 cm³/mol. The summed E-state index contributed by atoms with van der Waals surface area (Å²) in [4.78, 5) is 13.9. The number of nitrogens with zero attached hydrogens (tertiary/aromatic N) is 1. The number of likely N-dealkylation sites (tertiary alicyclic amines) is 1. The van der Waals surface area contributed by atoms with Gasteiger partial charge in [0.05, 0.1) is 20.1 Å². The van der Waals surface area contributed by atoms with Gasteiger partial charge < -0.3 is 14.4 Å². The minimum atomic E-state index is 0.202. The van der Waals surface area contributed by atoms with Crippen LogP contribution in [0.2, 0.25) is 0 Å². The molecule has 0 aromatic heterocycles. The molecule has 1 fully saturated rings. The number of rotatable bonds is 5. The summed E-state index contributed by atoms with van der Waals surface area (Å²) < 4.78 is 10.6. The van der Waals surface area contributed by atoms with Crippen LogP contribution in [0.1, 0.15) is 25.7 Å². The Balaban J connectivity index is 1.71. The van der Waals surface area contributed by atoms with Gasteiger partial charge >= 0.3 is 0 Å². The third kappa shape index (κ3) is 4.16. The Labute approximate surface area is 114 Å². The maximum atomic E-state index is 11.9. The third-order valence-electron chi connectivity index (χ3n) is 3.35. The van der Waals surface area contributed by atoms with E-state index < -0.39 is 0 Å². The van der Waals surface area contributed by atoms with Crippen molar-refractivity contribution in [2.75, 3.05) is 26.8 Å². The molecule has 0 aliphatic carbocycles. The molecule has 19 heavy (non-hydrogen) atoms. The van der Waals surface area contributed by atoms with E-state index in [0.29, 0.717) is 13.0 Å². The van der Waals surface area contributed by atoms with Crippen molar-refractivity contribution in [3.05, 3.63) is 24.3 Å². The van der Waals surface area contributed by atoms with Crippen LogP contribution in [0.15, 0.2) is 24.3 Å². The summed E-state index contributed by atoms with van der Waals surface area (Å²) >= 11 is 0. The van der Waals surface area contributed by atoms with Gasteiger partial charge in [-0.1, -0.05) is 0 Å². The van der Waals surface area contributed by atoms with Crippen molar-refractivity contribution in [1.82, 2.24) is 4.90 Å². The first-order valence-electron chi connectivity index (χ1n) is 6.84. The fraction of sp³-hybridized carbons (Fsp3) is 0.533. The second-order valence-corrected chi connectivity index (χ2v) is 4.72. The molecule has 1 amide bonds. The largest absolute Gasteiger partial charge is 0.497 e. The molecule has 0 N–H and O–H groups in total. The van der Waals surface area contributed by atoms with E-state index >= 15 is 0 Å². The van der Waals surface area contributed by atoms with Crippen LogP contribution >= 0.6 is 0 Å². The van der Waals surface area contributed by atoms with Crippen molar-refractivity contribution >= 4 is 5.91 Å². The van der Waals surface area contributed by atoms with Crippen LogP contribution in [0.25, 0.3) is 0 Å². The lowest BCUT2D eigenvalue weighted by Crippen LogP contribution is -2.36. The molecular formula is C15H21NO3. The SMILES string of the molecule is COc1ccc(OCCC(=O)N2CCCCC2)cc1. The van der Waals surface area contributed by atoms with Crippen molar-refractivity contribution in [1.29, 1.82) is 0 Å².